The molecule has 2 aromatic carbocycles. The number of nitrogens with zero attached hydrogens (tertiary/aromatic N) is 3. The Balaban J connectivity index is 1.41. The van der Waals surface area contributed by atoms with Crippen LogP contribution in [0.1, 0.15) is 28.4 Å². The van der Waals surface area contributed by atoms with E-state index in [0.29, 0.717) is 12.0 Å². The number of amides is 1. The molecule has 0 aliphatic carbocycles. The van der Waals surface area contributed by atoms with Crippen molar-refractivity contribution in [3.8, 4) is 11.4 Å². The summed E-state index contributed by atoms with van der Waals surface area (Å²) in [6.07, 6.45) is 4.61. The average Bonchev–Trinajstić information content (AvgIpc) is 3.39. The largest absolute Gasteiger partial charge is 0.338 e. The highest BCUT2D eigenvalue weighted by Gasteiger charge is 2.41. The van der Waals surface area contributed by atoms with Crippen molar-refractivity contribution in [2.24, 2.45) is 13.0 Å². The van der Waals surface area contributed by atoms with E-state index in [0.717, 1.165) is 36.5 Å². The number of piperidine rings is 1. The number of benzene rings is 2. The van der Waals surface area contributed by atoms with E-state index in [4.69, 9.17) is 0 Å². The monoisotopic (exact) mass is 387 g/mol. The SMILES string of the molecule is Cn1ccnc1-c1ccccc1C(=O)N1CCC2NNC(c3ccccc3)C2C1. The van der Waals surface area contributed by atoms with Crippen LogP contribution in [0.2, 0.25) is 0 Å². The lowest BCUT2D eigenvalue weighted by molar-refractivity contribution is 0.0653. The number of likely N-dealkylation sites (tertiary alicyclic amines) is 1. The molecule has 2 saturated heterocycles. The van der Waals surface area contributed by atoms with E-state index in [2.05, 4.69) is 40.1 Å². The highest BCUT2D eigenvalue weighted by atomic mass is 16.2. The van der Waals surface area contributed by atoms with Crippen LogP contribution in [0.25, 0.3) is 11.4 Å². The fourth-order valence-corrected chi connectivity index (χ4v) is 4.64. The van der Waals surface area contributed by atoms with Crippen LogP contribution in [0.15, 0.2) is 67.0 Å². The molecular weight excluding hydrogens is 362 g/mol. The average molecular weight is 387 g/mol. The van der Waals surface area contributed by atoms with E-state index < -0.39 is 0 Å². The molecule has 0 spiro atoms. The Morgan fingerprint density at radius 1 is 1.07 bits per heavy atom. The van der Waals surface area contributed by atoms with Gasteiger partial charge in [-0.1, -0.05) is 48.5 Å². The topological polar surface area (TPSA) is 62.2 Å². The van der Waals surface area contributed by atoms with Gasteiger partial charge in [0, 0.05) is 50.1 Å². The predicted octanol–water partition coefficient (Wildman–Crippen LogP) is 2.77. The molecule has 29 heavy (non-hydrogen) atoms. The van der Waals surface area contributed by atoms with Gasteiger partial charge in [0.25, 0.3) is 5.91 Å². The third kappa shape index (κ3) is 3.24. The number of nitrogens with one attached hydrogen (secondary N) is 2. The second kappa shape index (κ2) is 7.46. The van der Waals surface area contributed by atoms with Gasteiger partial charge in [-0.25, -0.2) is 10.4 Å². The fraction of sp³-hybridized carbons (Fsp3) is 0.304. The van der Waals surface area contributed by atoms with Crippen molar-refractivity contribution in [1.29, 1.82) is 0 Å². The summed E-state index contributed by atoms with van der Waals surface area (Å²) in [7, 11) is 1.95. The second-order valence-corrected chi connectivity index (χ2v) is 7.89. The summed E-state index contributed by atoms with van der Waals surface area (Å²) >= 11 is 0. The van der Waals surface area contributed by atoms with Crippen molar-refractivity contribution in [1.82, 2.24) is 25.3 Å². The number of carbonyl (C=O) groups excluding carboxylic acids is 1. The van der Waals surface area contributed by atoms with Crippen molar-refractivity contribution < 1.29 is 4.79 Å². The molecule has 2 aliphatic heterocycles. The zero-order chi connectivity index (χ0) is 19.8. The molecule has 0 saturated carbocycles. The lowest BCUT2D eigenvalue weighted by Gasteiger charge is -2.36. The number of hydrogen-bond donors (Lipinski definition) is 2. The third-order valence-electron chi connectivity index (χ3n) is 6.18. The van der Waals surface area contributed by atoms with Crippen molar-refractivity contribution in [3.05, 3.63) is 78.1 Å². The Hall–Kier alpha value is -2.96. The van der Waals surface area contributed by atoms with Gasteiger partial charge in [0.1, 0.15) is 5.82 Å². The molecule has 5 rings (SSSR count). The molecule has 6 nitrogen and oxygen atoms in total. The summed E-state index contributed by atoms with van der Waals surface area (Å²) in [6.45, 7) is 1.49. The molecule has 1 aromatic heterocycles. The standard InChI is InChI=1S/C23H25N5O/c1-27-14-12-24-22(27)17-9-5-6-10-18(17)23(29)28-13-11-20-19(15-28)21(26-25-20)16-7-3-2-4-8-16/h2-10,12,14,19-21,25-26H,11,13,15H2,1H3. The van der Waals surface area contributed by atoms with Crippen molar-refractivity contribution in [2.45, 2.75) is 18.5 Å². The maximum atomic E-state index is 13.5. The number of aryl methyl sites for hydroxylation is 1. The first-order chi connectivity index (χ1) is 14.2. The van der Waals surface area contributed by atoms with Gasteiger partial charge in [-0.3, -0.25) is 10.2 Å². The lowest BCUT2D eigenvalue weighted by Crippen LogP contribution is -2.47. The minimum absolute atomic E-state index is 0.0840. The first-order valence-electron chi connectivity index (χ1n) is 10.1. The molecule has 0 bridgehead atoms. The van der Waals surface area contributed by atoms with E-state index in [9.17, 15) is 4.79 Å². The smallest absolute Gasteiger partial charge is 0.254 e. The van der Waals surface area contributed by atoms with Crippen LogP contribution in [-0.4, -0.2) is 39.5 Å². The summed E-state index contributed by atoms with van der Waals surface area (Å²) in [5.41, 5.74) is 9.76. The Labute approximate surface area is 170 Å². The zero-order valence-electron chi connectivity index (χ0n) is 16.5. The maximum Gasteiger partial charge on any atom is 0.254 e. The quantitative estimate of drug-likeness (QED) is 0.726. The highest BCUT2D eigenvalue weighted by molar-refractivity contribution is 6.00. The number of hydrogen-bond acceptors (Lipinski definition) is 4. The third-order valence-corrected chi connectivity index (χ3v) is 6.18. The normalized spacial score (nSPS) is 23.8. The van der Waals surface area contributed by atoms with E-state index >= 15 is 0 Å². The Bertz CT molecular complexity index is 1010. The van der Waals surface area contributed by atoms with E-state index in [1.807, 2.05) is 53.0 Å². The van der Waals surface area contributed by atoms with Gasteiger partial charge in [-0.15, -0.1) is 0 Å². The van der Waals surface area contributed by atoms with E-state index in [-0.39, 0.29) is 11.9 Å². The first kappa shape index (κ1) is 18.1. The van der Waals surface area contributed by atoms with Gasteiger partial charge in [0.15, 0.2) is 0 Å². The molecule has 3 heterocycles. The number of hydrazine groups is 1. The zero-order valence-corrected chi connectivity index (χ0v) is 16.5. The van der Waals surface area contributed by atoms with Crippen LogP contribution in [0, 0.1) is 5.92 Å². The van der Waals surface area contributed by atoms with E-state index in [1.54, 1.807) is 6.20 Å². The number of fused-ring (bicyclic) bond motifs is 1. The van der Waals surface area contributed by atoms with E-state index in [1.165, 1.54) is 5.56 Å². The Morgan fingerprint density at radius 2 is 1.86 bits per heavy atom. The fourth-order valence-electron chi connectivity index (χ4n) is 4.64. The molecule has 3 aromatic rings. The van der Waals surface area contributed by atoms with Crippen LogP contribution in [0.4, 0.5) is 0 Å². The highest BCUT2D eigenvalue weighted by Crippen LogP contribution is 2.34. The number of rotatable bonds is 3. The molecule has 2 aliphatic rings. The molecular formula is C23H25N5O. The summed E-state index contributed by atoms with van der Waals surface area (Å²) in [5, 5.41) is 0. The molecule has 148 valence electrons. The number of carbonyl (C=O) groups is 1. The summed E-state index contributed by atoms with van der Waals surface area (Å²) in [5.74, 6) is 1.24. The predicted molar refractivity (Wildman–Crippen MR) is 112 cm³/mol. The first-order valence-corrected chi connectivity index (χ1v) is 10.1. The van der Waals surface area contributed by atoms with Crippen LogP contribution >= 0.6 is 0 Å². The maximum absolute atomic E-state index is 13.5. The van der Waals surface area contributed by atoms with Gasteiger partial charge in [0.05, 0.1) is 11.6 Å². The molecule has 2 N–H and O–H groups in total. The summed E-state index contributed by atoms with van der Waals surface area (Å²) < 4.78 is 1.95. The number of imidazole rings is 1. The van der Waals surface area contributed by atoms with Crippen LogP contribution in [0.5, 0.6) is 0 Å². The molecule has 1 amide bonds. The summed E-state index contributed by atoms with van der Waals surface area (Å²) in [4.78, 5) is 20.0. The van der Waals surface area contributed by atoms with Gasteiger partial charge < -0.3 is 9.47 Å². The van der Waals surface area contributed by atoms with Crippen LogP contribution in [0.3, 0.4) is 0 Å². The van der Waals surface area contributed by atoms with Crippen LogP contribution in [-0.2, 0) is 7.05 Å². The number of aromatic nitrogens is 2. The molecule has 0 radical (unpaired) electrons. The van der Waals surface area contributed by atoms with Crippen LogP contribution < -0.4 is 10.9 Å². The minimum atomic E-state index is 0.0840. The summed E-state index contributed by atoms with van der Waals surface area (Å²) in [6, 6.07) is 18.9. The van der Waals surface area contributed by atoms with Gasteiger partial charge in [0.2, 0.25) is 0 Å². The van der Waals surface area contributed by atoms with Gasteiger partial charge in [-0.2, -0.15) is 0 Å². The molecule has 6 heteroatoms. The Kier molecular flexibility index (Phi) is 4.66. The second-order valence-electron chi connectivity index (χ2n) is 7.89. The molecule has 3 unspecified atom stereocenters. The molecule has 2 fully saturated rings. The van der Waals surface area contributed by atoms with Gasteiger partial charge in [-0.05, 0) is 18.1 Å². The minimum Gasteiger partial charge on any atom is -0.338 e. The van der Waals surface area contributed by atoms with Crippen molar-refractivity contribution in [3.63, 3.8) is 0 Å². The lowest BCUT2D eigenvalue weighted by atomic mass is 9.85. The van der Waals surface area contributed by atoms with Crippen molar-refractivity contribution >= 4 is 5.91 Å². The molecule has 3 atom stereocenters. The van der Waals surface area contributed by atoms with Crippen molar-refractivity contribution in [2.75, 3.05) is 13.1 Å². The Morgan fingerprint density at radius 3 is 2.66 bits per heavy atom. The van der Waals surface area contributed by atoms with Gasteiger partial charge >= 0.3 is 0 Å².